The Morgan fingerprint density at radius 3 is 1.44 bits per heavy atom. The number of quaternary nitrogens is 1. The second kappa shape index (κ2) is 5.97. The van der Waals surface area contributed by atoms with Crippen LogP contribution in [0.25, 0.3) is 0 Å². The number of likely N-dealkylation sites (N-methyl/N-ethyl adjacent to an activating group) is 1. The van der Waals surface area contributed by atoms with E-state index in [-0.39, 0.29) is 17.6 Å². The van der Waals surface area contributed by atoms with Crippen LogP contribution in [0.2, 0.25) is 0 Å². The summed E-state index contributed by atoms with van der Waals surface area (Å²) in [4.78, 5) is 0. The quantitative estimate of drug-likeness (QED) is 0.508. The van der Waals surface area contributed by atoms with Gasteiger partial charge in [0.25, 0.3) is 0 Å². The van der Waals surface area contributed by atoms with Crippen molar-refractivity contribution in [2.24, 2.45) is 0 Å². The minimum Gasteiger partial charge on any atom is -2.00 e. The van der Waals surface area contributed by atoms with Crippen LogP contribution in [0.15, 0.2) is 0 Å². The monoisotopic (exact) mass is 136 g/mol. The van der Waals surface area contributed by atoms with Crippen molar-refractivity contribution in [3.8, 4) is 0 Å². The number of nitrogens with zero attached hydrogens (tertiary/aromatic N) is 1. The van der Waals surface area contributed by atoms with E-state index in [9.17, 15) is 0 Å². The first kappa shape index (κ1) is 15.9. The summed E-state index contributed by atoms with van der Waals surface area (Å²) in [6.07, 6.45) is 0. The third-order valence-corrected chi connectivity index (χ3v) is 0.771. The number of aliphatic hydroxyl groups excluding tert-OH is 1. The Bertz CT molecular complexity index is 50.7. The molecule has 0 unspecified atom stereocenters. The molecular formula is C5H14NO3-3. The summed E-state index contributed by atoms with van der Waals surface area (Å²) in [6, 6.07) is 0. The van der Waals surface area contributed by atoms with Gasteiger partial charge in [0.05, 0.1) is 27.7 Å². The van der Waals surface area contributed by atoms with Gasteiger partial charge in [-0.2, -0.15) is 0 Å². The van der Waals surface area contributed by atoms with Gasteiger partial charge in [0.2, 0.25) is 0 Å². The molecule has 4 heteroatoms. The molecule has 0 aromatic rings. The number of hydrogen-bond donors (Lipinski definition) is 1. The van der Waals surface area contributed by atoms with E-state index in [4.69, 9.17) is 5.11 Å². The van der Waals surface area contributed by atoms with Gasteiger partial charge in [-0.1, -0.05) is 0 Å². The molecule has 0 aromatic carbocycles. The Balaban J connectivity index is -0.000000180. The van der Waals surface area contributed by atoms with Crippen molar-refractivity contribution >= 4 is 0 Å². The lowest BCUT2D eigenvalue weighted by Crippen LogP contribution is -2.36. The summed E-state index contributed by atoms with van der Waals surface area (Å²) in [5.74, 6) is 0. The van der Waals surface area contributed by atoms with Gasteiger partial charge < -0.3 is 20.5 Å². The van der Waals surface area contributed by atoms with E-state index in [1.807, 2.05) is 0 Å². The molecule has 0 atom stereocenters. The Morgan fingerprint density at radius 2 is 1.44 bits per heavy atom. The van der Waals surface area contributed by atoms with Crippen LogP contribution in [-0.4, -0.2) is 43.9 Å². The summed E-state index contributed by atoms with van der Waals surface area (Å²) < 4.78 is 0.844. The van der Waals surface area contributed by atoms with E-state index < -0.39 is 0 Å². The van der Waals surface area contributed by atoms with Crippen molar-refractivity contribution in [3.63, 3.8) is 0 Å². The molecule has 0 spiro atoms. The molecule has 0 rings (SSSR count). The Kier molecular flexibility index (Phi) is 10.6. The zero-order chi connectivity index (χ0) is 5.91. The van der Waals surface area contributed by atoms with Crippen molar-refractivity contribution in [3.05, 3.63) is 0 Å². The fourth-order valence-corrected chi connectivity index (χ4v) is 0.300. The minimum absolute atomic E-state index is 0. The van der Waals surface area contributed by atoms with Crippen molar-refractivity contribution in [1.29, 1.82) is 0 Å². The SMILES string of the molecule is C[N+](C)(C)CCO.[O-2].[O-2]. The van der Waals surface area contributed by atoms with E-state index in [1.165, 1.54) is 0 Å². The van der Waals surface area contributed by atoms with Crippen molar-refractivity contribution in [2.45, 2.75) is 0 Å². The summed E-state index contributed by atoms with van der Waals surface area (Å²) in [6.45, 7) is 1.11. The highest BCUT2D eigenvalue weighted by Crippen LogP contribution is 1.84. The normalized spacial score (nSPS) is 9.33. The predicted octanol–water partition coefficient (Wildman–Crippen LogP) is -0.553. The van der Waals surface area contributed by atoms with E-state index in [1.54, 1.807) is 0 Å². The second-order valence-electron chi connectivity index (χ2n) is 2.74. The fourth-order valence-electron chi connectivity index (χ4n) is 0.300. The Hall–Kier alpha value is -0.160. The van der Waals surface area contributed by atoms with Crippen molar-refractivity contribution < 1.29 is 20.5 Å². The number of hydrogen-bond acceptors (Lipinski definition) is 1. The van der Waals surface area contributed by atoms with Crippen LogP contribution in [0.5, 0.6) is 0 Å². The van der Waals surface area contributed by atoms with Crippen LogP contribution >= 0.6 is 0 Å². The predicted molar refractivity (Wildman–Crippen MR) is 31.4 cm³/mol. The summed E-state index contributed by atoms with van der Waals surface area (Å²) in [7, 11) is 6.16. The van der Waals surface area contributed by atoms with Gasteiger partial charge in [0, 0.05) is 0 Å². The van der Waals surface area contributed by atoms with E-state index >= 15 is 0 Å². The van der Waals surface area contributed by atoms with Crippen LogP contribution in [-0.2, 0) is 11.0 Å². The standard InChI is InChI=1S/C5H14NO.2O/c1-6(2,3)4-5-7;;/h7H,4-5H2,1-3H3;;/q+1;2*-2. The van der Waals surface area contributed by atoms with Crippen LogP contribution in [0, 0.1) is 0 Å². The maximum absolute atomic E-state index is 8.39. The van der Waals surface area contributed by atoms with Gasteiger partial charge in [-0.15, -0.1) is 0 Å². The van der Waals surface area contributed by atoms with Gasteiger partial charge in [0.15, 0.2) is 0 Å². The molecule has 0 bridgehead atoms. The van der Waals surface area contributed by atoms with Gasteiger partial charge in [-0.3, -0.25) is 0 Å². The molecule has 0 fully saturated rings. The van der Waals surface area contributed by atoms with Crippen LogP contribution in [0.1, 0.15) is 0 Å². The lowest BCUT2D eigenvalue weighted by Gasteiger charge is -2.21. The molecule has 9 heavy (non-hydrogen) atoms. The molecule has 60 valence electrons. The lowest BCUT2D eigenvalue weighted by molar-refractivity contribution is -0.870. The molecule has 0 radical (unpaired) electrons. The molecule has 1 N–H and O–H groups in total. The van der Waals surface area contributed by atoms with Gasteiger partial charge in [0.1, 0.15) is 6.54 Å². The van der Waals surface area contributed by atoms with E-state index in [0.717, 1.165) is 11.0 Å². The van der Waals surface area contributed by atoms with Crippen molar-refractivity contribution in [2.75, 3.05) is 34.3 Å². The van der Waals surface area contributed by atoms with E-state index in [0.29, 0.717) is 0 Å². The van der Waals surface area contributed by atoms with Gasteiger partial charge >= 0.3 is 0 Å². The first-order valence-electron chi connectivity index (χ1n) is 2.47. The number of aliphatic hydroxyl groups is 1. The molecule has 0 saturated carbocycles. The molecule has 0 amide bonds. The molecule has 0 aromatic heterocycles. The molecule has 0 aliphatic heterocycles. The Morgan fingerprint density at radius 1 is 1.11 bits per heavy atom. The zero-order valence-corrected chi connectivity index (χ0v) is 6.13. The third-order valence-electron chi connectivity index (χ3n) is 0.771. The fraction of sp³-hybridized carbons (Fsp3) is 1.00. The largest absolute Gasteiger partial charge is 2.00 e. The molecular weight excluding hydrogens is 122 g/mol. The zero-order valence-electron chi connectivity index (χ0n) is 6.13. The van der Waals surface area contributed by atoms with Crippen molar-refractivity contribution in [1.82, 2.24) is 0 Å². The highest BCUT2D eigenvalue weighted by atomic mass is 16.3. The molecule has 4 nitrogen and oxygen atoms in total. The lowest BCUT2D eigenvalue weighted by atomic mass is 10.5. The number of rotatable bonds is 2. The first-order valence-corrected chi connectivity index (χ1v) is 2.47. The third kappa shape index (κ3) is 18.1. The minimum atomic E-state index is 0. The van der Waals surface area contributed by atoms with Crippen LogP contribution < -0.4 is 0 Å². The topological polar surface area (TPSA) is 77.2 Å². The highest BCUT2D eigenvalue weighted by molar-refractivity contribution is 4.19. The van der Waals surface area contributed by atoms with E-state index in [2.05, 4.69) is 21.1 Å². The molecule has 0 aliphatic carbocycles. The molecule has 0 saturated heterocycles. The second-order valence-corrected chi connectivity index (χ2v) is 2.74. The molecule has 0 heterocycles. The van der Waals surface area contributed by atoms with Crippen LogP contribution in [0.3, 0.4) is 0 Å². The summed E-state index contributed by atoms with van der Waals surface area (Å²) >= 11 is 0. The average Bonchev–Trinajstić information content (AvgIpc) is 1.30. The van der Waals surface area contributed by atoms with Gasteiger partial charge in [-0.05, 0) is 0 Å². The summed E-state index contributed by atoms with van der Waals surface area (Å²) in [5.41, 5.74) is 0. The first-order chi connectivity index (χ1) is 3.06. The Labute approximate surface area is 55.9 Å². The van der Waals surface area contributed by atoms with Gasteiger partial charge in [-0.25, -0.2) is 0 Å². The highest BCUT2D eigenvalue weighted by Gasteiger charge is 2.02. The average molecular weight is 136 g/mol. The smallest absolute Gasteiger partial charge is 0.101 e. The molecule has 0 aliphatic rings. The van der Waals surface area contributed by atoms with Crippen LogP contribution in [0.4, 0.5) is 0 Å². The summed E-state index contributed by atoms with van der Waals surface area (Å²) in [5, 5.41) is 8.39. The maximum atomic E-state index is 8.39. The maximum Gasteiger partial charge on any atom is 0.101 e.